The van der Waals surface area contributed by atoms with Crippen molar-refractivity contribution in [3.63, 3.8) is 0 Å². The number of benzene rings is 1. The highest BCUT2D eigenvalue weighted by atomic mass is 15.1. The Morgan fingerprint density at radius 3 is 2.80 bits per heavy atom. The molecule has 1 N–H and O–H groups in total. The van der Waals surface area contributed by atoms with E-state index in [1.54, 1.807) is 5.56 Å². The molecule has 0 amide bonds. The first kappa shape index (κ1) is 15.4. The summed E-state index contributed by atoms with van der Waals surface area (Å²) in [5.41, 5.74) is 4.43. The maximum atomic E-state index is 3.33. The fourth-order valence-corrected chi connectivity index (χ4v) is 3.28. The van der Waals surface area contributed by atoms with Crippen LogP contribution in [0.15, 0.2) is 18.2 Å². The number of hydrogen-bond acceptors (Lipinski definition) is 2. The van der Waals surface area contributed by atoms with Crippen LogP contribution in [0.3, 0.4) is 0 Å². The standard InChI is InChI=1S/C18H30N2/c1-5-7-14(2)13-20-11-6-8-17-12-16(15(3)19-4)9-10-18(17)20/h9-10,12,14-15,19H,5-8,11,13H2,1-4H3. The van der Waals surface area contributed by atoms with Crippen molar-refractivity contribution in [3.8, 4) is 0 Å². The molecule has 0 bridgehead atoms. The SMILES string of the molecule is CCCC(C)CN1CCCc2cc(C(C)NC)ccc21. The van der Waals surface area contributed by atoms with Gasteiger partial charge in [-0.05, 0) is 56.3 Å². The summed E-state index contributed by atoms with van der Waals surface area (Å²) in [6.07, 6.45) is 5.16. The molecule has 2 rings (SSSR count). The van der Waals surface area contributed by atoms with Gasteiger partial charge in [0.2, 0.25) is 0 Å². The van der Waals surface area contributed by atoms with Gasteiger partial charge in [-0.3, -0.25) is 0 Å². The lowest BCUT2D eigenvalue weighted by Gasteiger charge is -2.34. The summed E-state index contributed by atoms with van der Waals surface area (Å²) in [7, 11) is 2.03. The van der Waals surface area contributed by atoms with Crippen molar-refractivity contribution < 1.29 is 0 Å². The number of fused-ring (bicyclic) bond motifs is 1. The van der Waals surface area contributed by atoms with E-state index in [4.69, 9.17) is 0 Å². The molecule has 0 spiro atoms. The molecular formula is C18H30N2. The predicted molar refractivity (Wildman–Crippen MR) is 88.5 cm³/mol. The Hall–Kier alpha value is -1.02. The average Bonchev–Trinajstić information content (AvgIpc) is 2.46. The summed E-state index contributed by atoms with van der Waals surface area (Å²) in [6.45, 7) is 9.33. The normalized spacial score (nSPS) is 17.7. The number of aryl methyl sites for hydroxylation is 1. The third kappa shape index (κ3) is 3.54. The Kier molecular flexibility index (Phi) is 5.47. The van der Waals surface area contributed by atoms with E-state index in [1.165, 1.54) is 50.0 Å². The van der Waals surface area contributed by atoms with Gasteiger partial charge in [0, 0.05) is 24.8 Å². The minimum atomic E-state index is 0.440. The molecule has 0 radical (unpaired) electrons. The van der Waals surface area contributed by atoms with E-state index < -0.39 is 0 Å². The molecule has 2 unspecified atom stereocenters. The first-order valence-corrected chi connectivity index (χ1v) is 8.20. The number of nitrogens with zero attached hydrogens (tertiary/aromatic N) is 1. The van der Waals surface area contributed by atoms with Crippen molar-refractivity contribution in [1.29, 1.82) is 0 Å². The van der Waals surface area contributed by atoms with Crippen LogP contribution in [-0.4, -0.2) is 20.1 Å². The molecule has 2 nitrogen and oxygen atoms in total. The highest BCUT2D eigenvalue weighted by Gasteiger charge is 2.19. The van der Waals surface area contributed by atoms with Crippen molar-refractivity contribution in [3.05, 3.63) is 29.3 Å². The van der Waals surface area contributed by atoms with E-state index in [9.17, 15) is 0 Å². The largest absolute Gasteiger partial charge is 0.371 e. The summed E-state index contributed by atoms with van der Waals surface area (Å²) >= 11 is 0. The van der Waals surface area contributed by atoms with Crippen molar-refractivity contribution in [2.75, 3.05) is 25.0 Å². The maximum absolute atomic E-state index is 3.33. The summed E-state index contributed by atoms with van der Waals surface area (Å²) < 4.78 is 0. The lowest BCUT2D eigenvalue weighted by atomic mass is 9.95. The molecule has 0 saturated heterocycles. The first-order valence-electron chi connectivity index (χ1n) is 8.20. The van der Waals surface area contributed by atoms with Gasteiger partial charge in [-0.15, -0.1) is 0 Å². The van der Waals surface area contributed by atoms with Gasteiger partial charge in [-0.25, -0.2) is 0 Å². The van der Waals surface area contributed by atoms with Crippen LogP contribution in [0.5, 0.6) is 0 Å². The molecule has 0 fully saturated rings. The Balaban J connectivity index is 2.15. The third-order valence-electron chi connectivity index (χ3n) is 4.56. The van der Waals surface area contributed by atoms with Gasteiger partial charge in [0.1, 0.15) is 0 Å². The van der Waals surface area contributed by atoms with Crippen molar-refractivity contribution >= 4 is 5.69 Å². The number of hydrogen-bond donors (Lipinski definition) is 1. The molecule has 2 heteroatoms. The second kappa shape index (κ2) is 7.12. The fourth-order valence-electron chi connectivity index (χ4n) is 3.28. The molecule has 1 aromatic carbocycles. The first-order chi connectivity index (χ1) is 9.65. The zero-order chi connectivity index (χ0) is 14.5. The molecule has 2 atom stereocenters. The minimum Gasteiger partial charge on any atom is -0.371 e. The second-order valence-corrected chi connectivity index (χ2v) is 6.34. The molecule has 112 valence electrons. The highest BCUT2D eigenvalue weighted by molar-refractivity contribution is 5.57. The number of nitrogens with one attached hydrogen (secondary N) is 1. The van der Waals surface area contributed by atoms with Gasteiger partial charge >= 0.3 is 0 Å². The van der Waals surface area contributed by atoms with Crippen LogP contribution in [0, 0.1) is 5.92 Å². The third-order valence-corrected chi connectivity index (χ3v) is 4.56. The Morgan fingerprint density at radius 2 is 2.10 bits per heavy atom. The number of anilines is 1. The van der Waals surface area contributed by atoms with E-state index in [0.29, 0.717) is 6.04 Å². The molecule has 1 aliphatic heterocycles. The molecule has 0 aromatic heterocycles. The fraction of sp³-hybridized carbons (Fsp3) is 0.667. The van der Waals surface area contributed by atoms with Gasteiger partial charge < -0.3 is 10.2 Å². The lowest BCUT2D eigenvalue weighted by molar-refractivity contribution is 0.502. The quantitative estimate of drug-likeness (QED) is 0.838. The topological polar surface area (TPSA) is 15.3 Å². The van der Waals surface area contributed by atoms with Crippen LogP contribution in [0.4, 0.5) is 5.69 Å². The molecule has 0 aliphatic carbocycles. The second-order valence-electron chi connectivity index (χ2n) is 6.34. The van der Waals surface area contributed by atoms with Crippen molar-refractivity contribution in [1.82, 2.24) is 5.32 Å². The summed E-state index contributed by atoms with van der Waals surface area (Å²) in [5.74, 6) is 0.793. The van der Waals surface area contributed by atoms with Crippen molar-refractivity contribution in [2.45, 2.75) is 52.5 Å². The maximum Gasteiger partial charge on any atom is 0.0399 e. The predicted octanol–water partition coefficient (Wildman–Crippen LogP) is 4.16. The Morgan fingerprint density at radius 1 is 1.30 bits per heavy atom. The van der Waals surface area contributed by atoms with Crippen molar-refractivity contribution in [2.24, 2.45) is 5.92 Å². The zero-order valence-corrected chi connectivity index (χ0v) is 13.6. The molecule has 1 aromatic rings. The van der Waals surface area contributed by atoms with E-state index in [1.807, 2.05) is 7.05 Å². The van der Waals surface area contributed by atoms with Gasteiger partial charge in [0.25, 0.3) is 0 Å². The zero-order valence-electron chi connectivity index (χ0n) is 13.6. The van der Waals surface area contributed by atoms with Crippen LogP contribution in [0.25, 0.3) is 0 Å². The lowest BCUT2D eigenvalue weighted by Crippen LogP contribution is -2.33. The Bertz CT molecular complexity index is 427. The minimum absolute atomic E-state index is 0.440. The summed E-state index contributed by atoms with van der Waals surface area (Å²) in [4.78, 5) is 2.60. The highest BCUT2D eigenvalue weighted by Crippen LogP contribution is 2.30. The number of rotatable bonds is 6. The van der Waals surface area contributed by atoms with Crippen LogP contribution >= 0.6 is 0 Å². The van der Waals surface area contributed by atoms with E-state index in [-0.39, 0.29) is 0 Å². The molecule has 0 saturated carbocycles. The molecular weight excluding hydrogens is 244 g/mol. The summed E-state index contributed by atoms with van der Waals surface area (Å²) in [5, 5.41) is 3.33. The van der Waals surface area contributed by atoms with E-state index in [0.717, 1.165) is 5.92 Å². The van der Waals surface area contributed by atoms with Crippen LogP contribution in [0.1, 0.15) is 57.2 Å². The van der Waals surface area contributed by atoms with Gasteiger partial charge in [-0.2, -0.15) is 0 Å². The van der Waals surface area contributed by atoms with Gasteiger partial charge in [0.05, 0.1) is 0 Å². The molecule has 1 heterocycles. The Labute approximate surface area is 124 Å². The molecule has 1 aliphatic rings. The monoisotopic (exact) mass is 274 g/mol. The molecule has 20 heavy (non-hydrogen) atoms. The average molecular weight is 274 g/mol. The summed E-state index contributed by atoms with van der Waals surface area (Å²) in [6, 6.07) is 7.49. The van der Waals surface area contributed by atoms with E-state index >= 15 is 0 Å². The smallest absolute Gasteiger partial charge is 0.0399 e. The van der Waals surface area contributed by atoms with E-state index in [2.05, 4.69) is 49.2 Å². The van der Waals surface area contributed by atoms with Crippen LogP contribution in [-0.2, 0) is 6.42 Å². The van der Waals surface area contributed by atoms with Crippen LogP contribution in [0.2, 0.25) is 0 Å². The van der Waals surface area contributed by atoms with Crippen LogP contribution < -0.4 is 10.2 Å². The van der Waals surface area contributed by atoms with Gasteiger partial charge in [0.15, 0.2) is 0 Å². The van der Waals surface area contributed by atoms with Gasteiger partial charge in [-0.1, -0.05) is 32.4 Å².